The second kappa shape index (κ2) is 2.91. The summed E-state index contributed by atoms with van der Waals surface area (Å²) < 4.78 is 4.96. The van der Waals surface area contributed by atoms with Gasteiger partial charge in [-0.3, -0.25) is 4.98 Å². The lowest BCUT2D eigenvalue weighted by Crippen LogP contribution is -1.73. The molecule has 0 saturated carbocycles. The first kappa shape index (κ1) is 5.88. The van der Waals surface area contributed by atoms with Crippen LogP contribution < -0.4 is 0 Å². The minimum atomic E-state index is -0.0518. The minimum absolute atomic E-state index is 0.0518. The summed E-state index contributed by atoms with van der Waals surface area (Å²) in [6.07, 6.45) is 1.81. The molecule has 0 aliphatic carbocycles. The lowest BCUT2D eigenvalue weighted by Gasteiger charge is -1.83. The van der Waals surface area contributed by atoms with Gasteiger partial charge in [-0.2, -0.15) is 0 Å². The third-order valence-corrected chi connectivity index (χ3v) is 2.19. The smallest absolute Gasteiger partial charge is 0.0948 e. The fourth-order valence-electron chi connectivity index (χ4n) is 0.421. The van der Waals surface area contributed by atoms with E-state index in [9.17, 15) is 0 Å². The van der Waals surface area contributed by atoms with Gasteiger partial charge in [-0.1, -0.05) is 31.3 Å². The highest BCUT2D eigenvalue weighted by Gasteiger charge is 1.78. The van der Waals surface area contributed by atoms with Crippen LogP contribution in [0.15, 0.2) is 24.4 Å². The number of aromatic nitrogens is 1. The Morgan fingerprint density at radius 3 is 2.75 bits per heavy atom. The number of hydrogen-bond donors (Lipinski definition) is 0. The Morgan fingerprint density at radius 1 is 1.50 bits per heavy atom. The zero-order valence-electron chi connectivity index (χ0n) is 4.34. The summed E-state index contributed by atoms with van der Waals surface area (Å²) in [5.74, 6) is 0. The van der Waals surface area contributed by atoms with Crippen LogP contribution in [0.2, 0.25) is 0 Å². The molecule has 2 heteroatoms. The minimum Gasteiger partial charge on any atom is -0.251 e. The van der Waals surface area contributed by atoms with Crippen molar-refractivity contribution in [2.45, 2.75) is 0 Å². The Balaban J connectivity index is 2.99. The summed E-state index contributed by atoms with van der Waals surface area (Å²) in [4.78, 5) is 4.08. The lowest BCUT2D eigenvalue weighted by atomic mass is 10.5. The van der Waals surface area contributed by atoms with Gasteiger partial charge < -0.3 is 0 Å². The second-order valence-corrected chi connectivity index (χ2v) is 3.15. The Hall–Kier alpha value is -0.250. The van der Waals surface area contributed by atoms with E-state index in [4.69, 9.17) is 0 Å². The average molecular weight is 219 g/mol. The van der Waals surface area contributed by atoms with Crippen molar-refractivity contribution in [3.8, 4) is 0 Å². The van der Waals surface area contributed by atoms with E-state index in [0.717, 1.165) is 3.70 Å². The molecule has 0 aliphatic heterocycles. The number of halogens is 1. The number of hydrogen-bond acceptors (Lipinski definition) is 1. The molecule has 0 fully saturated rings. The lowest BCUT2D eigenvalue weighted by molar-refractivity contribution is 1.27. The maximum absolute atomic E-state index is 4.08. The van der Waals surface area contributed by atoms with Crippen LogP contribution in [0.25, 0.3) is 0 Å². The fraction of sp³-hybridized carbons (Fsp3) is 0. The van der Waals surface area contributed by atoms with Gasteiger partial charge in [0.25, 0.3) is 0 Å². The summed E-state index contributed by atoms with van der Waals surface area (Å²) >= 11 is -0.0518. The van der Waals surface area contributed by atoms with Crippen molar-refractivity contribution < 1.29 is 0 Å². The Kier molecular flexibility index (Phi) is 2.14. The second-order valence-electron chi connectivity index (χ2n) is 1.29. The normalized spacial score (nSPS) is 9.00. The maximum atomic E-state index is 4.08. The number of rotatable bonds is 1. The SMILES string of the molecule is C=Ic1ccccn1. The van der Waals surface area contributed by atoms with E-state index >= 15 is 0 Å². The average Bonchev–Trinajstić information content (AvgIpc) is 1.90. The monoisotopic (exact) mass is 219 g/mol. The molecule has 1 aromatic rings. The van der Waals surface area contributed by atoms with E-state index in [-0.39, 0.29) is 20.7 Å². The summed E-state index contributed by atoms with van der Waals surface area (Å²) in [6, 6.07) is 5.93. The van der Waals surface area contributed by atoms with Crippen molar-refractivity contribution >= 4 is 25.2 Å². The highest BCUT2D eigenvalue weighted by Crippen LogP contribution is 2.01. The van der Waals surface area contributed by atoms with Gasteiger partial charge in [0.05, 0.1) is 3.70 Å². The van der Waals surface area contributed by atoms with Crippen molar-refractivity contribution in [1.82, 2.24) is 4.98 Å². The summed E-state index contributed by atoms with van der Waals surface area (Å²) in [6.45, 7) is 0. The maximum Gasteiger partial charge on any atom is 0.0948 e. The number of nitrogens with zero attached hydrogens (tertiary/aromatic N) is 1. The highest BCUT2D eigenvalue weighted by molar-refractivity contribution is 14.2. The molecular weight excluding hydrogens is 213 g/mol. The molecule has 0 spiro atoms. The molecule has 0 bridgehead atoms. The molecule has 0 unspecified atom stereocenters. The molecular formula is C6H6IN. The summed E-state index contributed by atoms with van der Waals surface area (Å²) in [5.41, 5.74) is 0. The first-order valence-electron chi connectivity index (χ1n) is 2.23. The van der Waals surface area contributed by atoms with E-state index in [1.165, 1.54) is 0 Å². The van der Waals surface area contributed by atoms with Crippen LogP contribution in [0.5, 0.6) is 0 Å². The van der Waals surface area contributed by atoms with E-state index < -0.39 is 0 Å². The molecule has 1 nitrogen and oxygen atoms in total. The molecule has 42 valence electrons. The van der Waals surface area contributed by atoms with E-state index in [1.54, 1.807) is 6.20 Å². The van der Waals surface area contributed by atoms with Crippen LogP contribution >= 0.6 is 20.7 Å². The van der Waals surface area contributed by atoms with Crippen LogP contribution in [0.3, 0.4) is 0 Å². The highest BCUT2D eigenvalue weighted by atomic mass is 127. The molecule has 1 aromatic heterocycles. The molecule has 1 heterocycles. The predicted molar refractivity (Wildman–Crippen MR) is 44.1 cm³/mol. The van der Waals surface area contributed by atoms with Crippen molar-refractivity contribution in [2.24, 2.45) is 0 Å². The molecule has 0 saturated heterocycles. The third-order valence-electron chi connectivity index (χ3n) is 0.766. The molecule has 0 N–H and O–H groups in total. The van der Waals surface area contributed by atoms with Gasteiger partial charge >= 0.3 is 0 Å². The van der Waals surface area contributed by atoms with Gasteiger partial charge in [0.15, 0.2) is 0 Å². The fourth-order valence-corrected chi connectivity index (χ4v) is 1.24. The van der Waals surface area contributed by atoms with E-state index in [1.807, 2.05) is 18.2 Å². The molecule has 1 rings (SSSR count). The van der Waals surface area contributed by atoms with Crippen LogP contribution in [0.1, 0.15) is 0 Å². The molecule has 8 heavy (non-hydrogen) atoms. The Bertz CT molecular complexity index is 171. The molecule has 0 atom stereocenters. The van der Waals surface area contributed by atoms with Crippen LogP contribution in [-0.4, -0.2) is 9.50 Å². The summed E-state index contributed by atoms with van der Waals surface area (Å²) in [7, 11) is 0. The Morgan fingerprint density at radius 2 is 2.38 bits per heavy atom. The van der Waals surface area contributed by atoms with Crippen molar-refractivity contribution in [3.05, 3.63) is 28.1 Å². The predicted octanol–water partition coefficient (Wildman–Crippen LogP) is 1.65. The van der Waals surface area contributed by atoms with Crippen molar-refractivity contribution in [2.75, 3.05) is 0 Å². The first-order valence-corrected chi connectivity index (χ1v) is 4.83. The molecule has 0 aliphatic rings. The van der Waals surface area contributed by atoms with Gasteiger partial charge in [0, 0.05) is 6.20 Å². The first-order chi connectivity index (χ1) is 3.93. The quantitative estimate of drug-likeness (QED) is 0.517. The molecule has 0 amide bonds. The standard InChI is InChI=1S/C6H6IN/c1-7-6-4-2-3-5-8-6/h2-5H,1H2. The van der Waals surface area contributed by atoms with Gasteiger partial charge in [0.2, 0.25) is 0 Å². The zero-order chi connectivity index (χ0) is 5.82. The number of pyridine rings is 1. The van der Waals surface area contributed by atoms with E-state index in [0.29, 0.717) is 0 Å². The van der Waals surface area contributed by atoms with Crippen molar-refractivity contribution in [3.63, 3.8) is 0 Å². The third kappa shape index (κ3) is 1.36. The van der Waals surface area contributed by atoms with Gasteiger partial charge in [-0.05, 0) is 12.1 Å². The van der Waals surface area contributed by atoms with Crippen LogP contribution in [0.4, 0.5) is 0 Å². The zero-order valence-corrected chi connectivity index (χ0v) is 6.50. The van der Waals surface area contributed by atoms with E-state index in [2.05, 4.69) is 9.50 Å². The topological polar surface area (TPSA) is 12.9 Å². The Labute approximate surface area is 58.5 Å². The molecule has 0 radical (unpaired) electrons. The largest absolute Gasteiger partial charge is 0.251 e. The summed E-state index contributed by atoms with van der Waals surface area (Å²) in [5, 5.41) is 0. The van der Waals surface area contributed by atoms with Gasteiger partial charge in [-0.25, -0.2) is 0 Å². The van der Waals surface area contributed by atoms with Crippen LogP contribution in [0, 0.1) is 3.70 Å². The van der Waals surface area contributed by atoms with Gasteiger partial charge in [-0.15, -0.1) is 0 Å². The van der Waals surface area contributed by atoms with Gasteiger partial charge in [0.1, 0.15) is 0 Å². The molecule has 0 aromatic carbocycles. The van der Waals surface area contributed by atoms with Crippen LogP contribution in [-0.2, 0) is 0 Å². The van der Waals surface area contributed by atoms with Crippen molar-refractivity contribution in [1.29, 1.82) is 0 Å².